The molecule has 2 N–H and O–H groups in total. The van der Waals surface area contributed by atoms with Crippen molar-refractivity contribution >= 4 is 74.5 Å². The Hall–Kier alpha value is -2.05. The summed E-state index contributed by atoms with van der Waals surface area (Å²) in [5.41, 5.74) is 5.54. The minimum atomic E-state index is -3.79. The highest BCUT2D eigenvalue weighted by Crippen LogP contribution is 2.33. The Morgan fingerprint density at radius 3 is 1.80 bits per heavy atom. The van der Waals surface area contributed by atoms with E-state index in [1.54, 1.807) is 36.5 Å². The maximum atomic E-state index is 12.6. The Morgan fingerprint density at radius 1 is 0.829 bits per heavy atom. The van der Waals surface area contributed by atoms with E-state index in [9.17, 15) is 16.8 Å². The van der Waals surface area contributed by atoms with Crippen LogP contribution in [0.4, 0.5) is 0 Å². The van der Waals surface area contributed by atoms with Crippen molar-refractivity contribution < 1.29 is 16.8 Å². The summed E-state index contributed by atoms with van der Waals surface area (Å²) in [4.78, 5) is 8.09. The van der Waals surface area contributed by atoms with Gasteiger partial charge in [0.05, 0.1) is 19.8 Å². The monoisotopic (exact) mass is 572 g/mol. The van der Waals surface area contributed by atoms with Crippen molar-refractivity contribution in [3.8, 4) is 0 Å². The zero-order chi connectivity index (χ0) is 25.4. The Morgan fingerprint density at radius 2 is 1.31 bits per heavy atom. The van der Waals surface area contributed by atoms with E-state index >= 15 is 0 Å². The van der Waals surface area contributed by atoms with E-state index in [0.717, 1.165) is 5.39 Å². The average molecular weight is 574 g/mol. The normalized spacial score (nSPS) is 15.0. The predicted molar refractivity (Wildman–Crippen MR) is 138 cm³/mol. The van der Waals surface area contributed by atoms with E-state index in [4.69, 9.17) is 39.6 Å². The third-order valence-corrected chi connectivity index (χ3v) is 9.35. The molecule has 0 bridgehead atoms. The first-order valence-corrected chi connectivity index (χ1v) is 14.7. The standard InChI is InChI=1S/C13H14ClN3O2S.C9H5Cl2NO2S/c14-11-6-16-5-10-2-1-3-12(13(10)11)20(18,19)17-7-9(4-15)8-17;10-7-5-12-4-6-2-1-3-8(9(6)7)15(11,13)14/h1-3,5-6,9H,4,7-8,15H2;1-5H. The van der Waals surface area contributed by atoms with Crippen molar-refractivity contribution in [1.82, 2.24) is 14.3 Å². The second-order valence-electron chi connectivity index (χ2n) is 7.81. The number of benzene rings is 2. The molecule has 0 aliphatic carbocycles. The number of fused-ring (bicyclic) bond motifs is 2. The van der Waals surface area contributed by atoms with Crippen LogP contribution in [0.3, 0.4) is 0 Å². The number of rotatable bonds is 4. The van der Waals surface area contributed by atoms with Gasteiger partial charge in [-0.05, 0) is 24.6 Å². The first kappa shape index (κ1) is 26.0. The number of pyridine rings is 2. The SMILES string of the molecule is NCC1CN(S(=O)(=O)c2cccc3cncc(Cl)c23)C1.O=S(=O)(Cl)c1cccc2cncc(Cl)c12. The van der Waals surface area contributed by atoms with Gasteiger partial charge in [-0.1, -0.05) is 47.5 Å². The molecule has 1 aliphatic heterocycles. The number of nitrogens with two attached hydrogens (primary N) is 1. The number of halogens is 3. The lowest BCUT2D eigenvalue weighted by atomic mass is 10.0. The summed E-state index contributed by atoms with van der Waals surface area (Å²) >= 11 is 12.0. The van der Waals surface area contributed by atoms with Gasteiger partial charge < -0.3 is 5.73 Å². The molecule has 0 atom stereocenters. The molecule has 2 aromatic carbocycles. The van der Waals surface area contributed by atoms with Crippen LogP contribution in [-0.2, 0) is 19.1 Å². The minimum Gasteiger partial charge on any atom is -0.330 e. The summed E-state index contributed by atoms with van der Waals surface area (Å²) in [6, 6.07) is 9.81. The first-order chi connectivity index (χ1) is 16.5. The molecule has 0 amide bonds. The largest absolute Gasteiger partial charge is 0.330 e. The Balaban J connectivity index is 0.000000172. The van der Waals surface area contributed by atoms with Crippen LogP contribution >= 0.6 is 33.9 Å². The Kier molecular flexibility index (Phi) is 7.54. The van der Waals surface area contributed by atoms with E-state index in [0.29, 0.717) is 40.8 Å². The molecular weight excluding hydrogens is 555 g/mol. The molecule has 13 heteroatoms. The van der Waals surface area contributed by atoms with Crippen molar-refractivity contribution in [2.45, 2.75) is 9.79 Å². The van der Waals surface area contributed by atoms with Gasteiger partial charge in [0.15, 0.2) is 0 Å². The van der Waals surface area contributed by atoms with Gasteiger partial charge in [-0.15, -0.1) is 0 Å². The van der Waals surface area contributed by atoms with E-state index in [-0.39, 0.29) is 20.7 Å². The van der Waals surface area contributed by atoms with E-state index < -0.39 is 19.1 Å². The van der Waals surface area contributed by atoms with Crippen molar-refractivity contribution in [3.63, 3.8) is 0 Å². The summed E-state index contributed by atoms with van der Waals surface area (Å²) in [7, 11) is -2.02. The molecule has 4 aromatic rings. The van der Waals surface area contributed by atoms with E-state index in [1.807, 2.05) is 0 Å². The van der Waals surface area contributed by atoms with Gasteiger partial charge in [-0.3, -0.25) is 9.97 Å². The van der Waals surface area contributed by atoms with Crippen LogP contribution < -0.4 is 5.73 Å². The lowest BCUT2D eigenvalue weighted by Crippen LogP contribution is -2.52. The fourth-order valence-corrected chi connectivity index (χ4v) is 7.32. The van der Waals surface area contributed by atoms with Crippen LogP contribution in [-0.4, -0.2) is 50.7 Å². The van der Waals surface area contributed by atoms with Crippen LogP contribution in [0.2, 0.25) is 10.0 Å². The summed E-state index contributed by atoms with van der Waals surface area (Å²) in [5.74, 6) is 0.247. The van der Waals surface area contributed by atoms with Crippen LogP contribution in [0, 0.1) is 5.92 Å². The lowest BCUT2D eigenvalue weighted by molar-refractivity contribution is 0.207. The van der Waals surface area contributed by atoms with Gasteiger partial charge in [-0.25, -0.2) is 16.8 Å². The number of aromatic nitrogens is 2. The second-order valence-corrected chi connectivity index (χ2v) is 13.1. The fourth-order valence-electron chi connectivity index (χ4n) is 3.74. The van der Waals surface area contributed by atoms with Crippen molar-refractivity contribution in [1.29, 1.82) is 0 Å². The summed E-state index contributed by atoms with van der Waals surface area (Å²) < 4.78 is 49.3. The highest BCUT2D eigenvalue weighted by atomic mass is 35.7. The van der Waals surface area contributed by atoms with Gasteiger partial charge >= 0.3 is 0 Å². The molecule has 1 aliphatic rings. The molecule has 0 radical (unpaired) electrons. The average Bonchev–Trinajstić information content (AvgIpc) is 2.78. The van der Waals surface area contributed by atoms with Crippen molar-refractivity contribution in [2.75, 3.05) is 19.6 Å². The molecule has 8 nitrogen and oxygen atoms in total. The summed E-state index contributed by atoms with van der Waals surface area (Å²) in [6.45, 7) is 1.45. The molecule has 0 saturated carbocycles. The maximum Gasteiger partial charge on any atom is 0.261 e. The number of sulfonamides is 1. The van der Waals surface area contributed by atoms with Crippen LogP contribution in [0.15, 0.2) is 71.0 Å². The van der Waals surface area contributed by atoms with Crippen LogP contribution in [0.5, 0.6) is 0 Å². The highest BCUT2D eigenvalue weighted by molar-refractivity contribution is 8.14. The number of hydrogen-bond donors (Lipinski definition) is 1. The second kappa shape index (κ2) is 10.1. The number of hydrogen-bond acceptors (Lipinski definition) is 7. The third kappa shape index (κ3) is 5.24. The first-order valence-electron chi connectivity index (χ1n) is 10.2. The molecule has 0 spiro atoms. The van der Waals surface area contributed by atoms with Gasteiger partial charge in [0, 0.05) is 70.1 Å². The molecule has 184 valence electrons. The molecule has 5 rings (SSSR count). The molecule has 2 aromatic heterocycles. The topological polar surface area (TPSA) is 123 Å². The van der Waals surface area contributed by atoms with Gasteiger partial charge in [0.25, 0.3) is 9.05 Å². The lowest BCUT2D eigenvalue weighted by Gasteiger charge is -2.37. The summed E-state index contributed by atoms with van der Waals surface area (Å²) in [5, 5.41) is 2.91. The molecule has 0 unspecified atom stereocenters. The smallest absolute Gasteiger partial charge is 0.261 e. The van der Waals surface area contributed by atoms with Crippen LogP contribution in [0.25, 0.3) is 21.5 Å². The maximum absolute atomic E-state index is 12.6. The van der Waals surface area contributed by atoms with Gasteiger partial charge in [0.1, 0.15) is 0 Å². The zero-order valence-corrected chi connectivity index (χ0v) is 21.9. The third-order valence-electron chi connectivity index (χ3n) is 5.54. The van der Waals surface area contributed by atoms with E-state index in [2.05, 4.69) is 9.97 Å². The van der Waals surface area contributed by atoms with Crippen LogP contribution in [0.1, 0.15) is 0 Å². The highest BCUT2D eigenvalue weighted by Gasteiger charge is 2.36. The summed E-state index contributed by atoms with van der Waals surface area (Å²) in [6.07, 6.45) is 5.99. The minimum absolute atomic E-state index is 0.00840. The van der Waals surface area contributed by atoms with Crippen molar-refractivity contribution in [2.24, 2.45) is 11.7 Å². The molecule has 1 saturated heterocycles. The molecule has 1 fully saturated rings. The van der Waals surface area contributed by atoms with Gasteiger partial charge in [-0.2, -0.15) is 4.31 Å². The molecular formula is C22H19Cl3N4O4S2. The predicted octanol–water partition coefficient (Wildman–Crippen LogP) is 4.28. The van der Waals surface area contributed by atoms with Gasteiger partial charge in [0.2, 0.25) is 10.0 Å². The molecule has 3 heterocycles. The zero-order valence-electron chi connectivity index (χ0n) is 18.0. The fraction of sp³-hybridized carbons (Fsp3) is 0.182. The molecule has 35 heavy (non-hydrogen) atoms. The van der Waals surface area contributed by atoms with E-state index in [1.165, 1.54) is 29.0 Å². The van der Waals surface area contributed by atoms with Crippen molar-refractivity contribution in [3.05, 3.63) is 71.2 Å². The number of nitrogens with zero attached hydrogens (tertiary/aromatic N) is 3. The Labute approximate surface area is 217 Å². The quantitative estimate of drug-likeness (QED) is 0.361. The Bertz CT molecular complexity index is 1620.